The molecule has 0 bridgehead atoms. The van der Waals surface area contributed by atoms with Crippen LogP contribution in [0.1, 0.15) is 19.3 Å². The number of alkyl halides is 1. The van der Waals surface area contributed by atoms with Gasteiger partial charge in [0.15, 0.2) is 0 Å². The summed E-state index contributed by atoms with van der Waals surface area (Å²) < 4.78 is 12.0. The number of aliphatic carboxylic acids is 1. The van der Waals surface area contributed by atoms with Crippen LogP contribution in [0.2, 0.25) is 0 Å². The quantitative estimate of drug-likeness (QED) is 0.640. The summed E-state index contributed by atoms with van der Waals surface area (Å²) in [6, 6.07) is 0. The highest BCUT2D eigenvalue weighted by Crippen LogP contribution is 2.31. The first kappa shape index (κ1) is 7.51. The molecule has 1 N–H and O–H groups in total. The van der Waals surface area contributed by atoms with Crippen molar-refractivity contribution in [1.29, 1.82) is 0 Å². The van der Waals surface area contributed by atoms with Crippen LogP contribution in [0.4, 0.5) is 4.39 Å². The molecule has 0 heterocycles. The van der Waals surface area contributed by atoms with E-state index in [0.29, 0.717) is 6.42 Å². The number of hydrogen-bond acceptors (Lipinski definition) is 1. The topological polar surface area (TPSA) is 37.3 Å². The average molecular weight is 146 g/mol. The molecule has 1 saturated carbocycles. The monoisotopic (exact) mass is 146 g/mol. The lowest BCUT2D eigenvalue weighted by Gasteiger charge is -2.09. The number of carboxylic acid groups (broad SMARTS) is 1. The second-order valence-corrected chi connectivity index (χ2v) is 2.79. The number of hydrogen-bond donors (Lipinski definition) is 1. The van der Waals surface area contributed by atoms with Crippen molar-refractivity contribution in [3.63, 3.8) is 0 Å². The number of halogens is 1. The largest absolute Gasteiger partial charge is 0.481 e. The summed E-state index contributed by atoms with van der Waals surface area (Å²) >= 11 is 0. The van der Waals surface area contributed by atoms with E-state index in [0.717, 1.165) is 12.8 Å². The predicted octanol–water partition coefficient (Wildman–Crippen LogP) is 1.46. The Balaban J connectivity index is 2.50. The van der Waals surface area contributed by atoms with Gasteiger partial charge < -0.3 is 5.11 Å². The molecule has 1 aliphatic carbocycles. The Bertz CT molecular complexity index is 136. The van der Waals surface area contributed by atoms with Gasteiger partial charge in [-0.25, -0.2) is 0 Å². The molecule has 0 aliphatic heterocycles. The molecule has 0 aromatic carbocycles. The van der Waals surface area contributed by atoms with E-state index in [9.17, 15) is 9.18 Å². The van der Waals surface area contributed by atoms with E-state index in [2.05, 4.69) is 0 Å². The fourth-order valence-electron chi connectivity index (χ4n) is 1.55. The van der Waals surface area contributed by atoms with Gasteiger partial charge in [0.2, 0.25) is 0 Å². The average Bonchev–Trinajstić information content (AvgIpc) is 2.33. The molecular weight excluding hydrogens is 135 g/mol. The summed E-state index contributed by atoms with van der Waals surface area (Å²) in [5.74, 6) is -1.46. The van der Waals surface area contributed by atoms with Crippen LogP contribution in [0.3, 0.4) is 0 Å². The van der Waals surface area contributed by atoms with Gasteiger partial charge in [0.25, 0.3) is 0 Å². The number of rotatable bonds is 2. The lowest BCUT2D eigenvalue weighted by Crippen LogP contribution is -2.19. The third kappa shape index (κ3) is 1.28. The highest BCUT2D eigenvalue weighted by Gasteiger charge is 2.32. The van der Waals surface area contributed by atoms with Crippen molar-refractivity contribution in [2.45, 2.75) is 19.3 Å². The van der Waals surface area contributed by atoms with Gasteiger partial charge in [0.1, 0.15) is 0 Å². The lowest BCUT2D eigenvalue weighted by atomic mass is 9.98. The van der Waals surface area contributed by atoms with Crippen LogP contribution in [0, 0.1) is 11.8 Å². The van der Waals surface area contributed by atoms with Crippen LogP contribution >= 0.6 is 0 Å². The van der Waals surface area contributed by atoms with Gasteiger partial charge in [-0.15, -0.1) is 0 Å². The normalized spacial score (nSPS) is 32.5. The Morgan fingerprint density at radius 3 is 2.70 bits per heavy atom. The van der Waals surface area contributed by atoms with Crippen LogP contribution < -0.4 is 0 Å². The van der Waals surface area contributed by atoms with Crippen LogP contribution in [-0.2, 0) is 4.79 Å². The molecule has 58 valence electrons. The third-order valence-corrected chi connectivity index (χ3v) is 2.17. The molecule has 2 atom stereocenters. The zero-order valence-corrected chi connectivity index (χ0v) is 5.72. The molecule has 0 spiro atoms. The molecule has 1 aliphatic rings. The predicted molar refractivity (Wildman–Crippen MR) is 34.4 cm³/mol. The van der Waals surface area contributed by atoms with Gasteiger partial charge in [-0.05, 0) is 12.8 Å². The summed E-state index contributed by atoms with van der Waals surface area (Å²) in [6.07, 6.45) is 2.27. The van der Waals surface area contributed by atoms with E-state index in [1.165, 1.54) is 0 Å². The van der Waals surface area contributed by atoms with Gasteiger partial charge in [-0.2, -0.15) is 0 Å². The van der Waals surface area contributed by atoms with E-state index in [-0.39, 0.29) is 5.92 Å². The summed E-state index contributed by atoms with van der Waals surface area (Å²) in [4.78, 5) is 10.4. The second-order valence-electron chi connectivity index (χ2n) is 2.79. The van der Waals surface area contributed by atoms with Crippen molar-refractivity contribution in [1.82, 2.24) is 0 Å². The molecule has 0 aromatic heterocycles. The maximum Gasteiger partial charge on any atom is 0.306 e. The Kier molecular flexibility index (Phi) is 2.25. The summed E-state index contributed by atoms with van der Waals surface area (Å²) in [5, 5.41) is 8.55. The summed E-state index contributed by atoms with van der Waals surface area (Å²) in [6.45, 7) is -0.475. The molecule has 0 unspecified atom stereocenters. The first-order valence-electron chi connectivity index (χ1n) is 3.54. The van der Waals surface area contributed by atoms with E-state index in [4.69, 9.17) is 5.11 Å². The van der Waals surface area contributed by atoms with Crippen LogP contribution in [-0.4, -0.2) is 17.8 Å². The van der Waals surface area contributed by atoms with Crippen molar-refractivity contribution in [2.24, 2.45) is 11.8 Å². The highest BCUT2D eigenvalue weighted by molar-refractivity contribution is 5.70. The summed E-state index contributed by atoms with van der Waals surface area (Å²) in [5.41, 5.74) is 0. The second kappa shape index (κ2) is 2.99. The van der Waals surface area contributed by atoms with Gasteiger partial charge in [0, 0.05) is 5.92 Å². The van der Waals surface area contributed by atoms with Crippen molar-refractivity contribution < 1.29 is 14.3 Å². The maximum absolute atomic E-state index is 12.0. The Morgan fingerprint density at radius 1 is 1.60 bits per heavy atom. The van der Waals surface area contributed by atoms with E-state index in [1.54, 1.807) is 0 Å². The molecule has 1 rings (SSSR count). The lowest BCUT2D eigenvalue weighted by molar-refractivity contribution is -0.143. The molecular formula is C7H11FO2. The molecule has 3 heteroatoms. The smallest absolute Gasteiger partial charge is 0.306 e. The maximum atomic E-state index is 12.0. The zero-order chi connectivity index (χ0) is 7.56. The molecule has 1 fully saturated rings. The van der Waals surface area contributed by atoms with Crippen LogP contribution in [0.5, 0.6) is 0 Å². The Hall–Kier alpha value is -0.600. The molecule has 2 nitrogen and oxygen atoms in total. The Morgan fingerprint density at radius 2 is 2.30 bits per heavy atom. The molecule has 0 radical (unpaired) electrons. The summed E-state index contributed by atoms with van der Waals surface area (Å²) in [7, 11) is 0. The van der Waals surface area contributed by atoms with Gasteiger partial charge in [-0.1, -0.05) is 6.42 Å². The van der Waals surface area contributed by atoms with Crippen LogP contribution in [0.25, 0.3) is 0 Å². The minimum atomic E-state index is -0.833. The Labute approximate surface area is 59.0 Å². The SMILES string of the molecule is O=C(O)[C@H]1CCC[C@@H]1CF. The minimum absolute atomic E-state index is 0.211. The van der Waals surface area contributed by atoms with Crippen molar-refractivity contribution in [3.05, 3.63) is 0 Å². The molecule has 0 saturated heterocycles. The zero-order valence-electron chi connectivity index (χ0n) is 5.72. The third-order valence-electron chi connectivity index (χ3n) is 2.17. The molecule has 10 heavy (non-hydrogen) atoms. The molecule has 0 aromatic rings. The standard InChI is InChI=1S/C7H11FO2/c8-4-5-2-1-3-6(5)7(9)10/h5-6H,1-4H2,(H,9,10)/t5-,6+/m1/s1. The first-order chi connectivity index (χ1) is 4.75. The van der Waals surface area contributed by atoms with E-state index < -0.39 is 18.6 Å². The van der Waals surface area contributed by atoms with Gasteiger partial charge >= 0.3 is 5.97 Å². The van der Waals surface area contributed by atoms with E-state index >= 15 is 0 Å². The first-order valence-corrected chi connectivity index (χ1v) is 3.54. The van der Waals surface area contributed by atoms with Crippen molar-refractivity contribution in [2.75, 3.05) is 6.67 Å². The van der Waals surface area contributed by atoms with Crippen molar-refractivity contribution in [3.8, 4) is 0 Å². The van der Waals surface area contributed by atoms with Crippen molar-refractivity contribution >= 4 is 5.97 Å². The van der Waals surface area contributed by atoms with E-state index in [1.807, 2.05) is 0 Å². The van der Waals surface area contributed by atoms with Crippen LogP contribution in [0.15, 0.2) is 0 Å². The van der Waals surface area contributed by atoms with Gasteiger partial charge in [0.05, 0.1) is 12.6 Å². The fourth-order valence-corrected chi connectivity index (χ4v) is 1.55. The minimum Gasteiger partial charge on any atom is -0.481 e. The number of carboxylic acids is 1. The molecule has 0 amide bonds. The van der Waals surface area contributed by atoms with Gasteiger partial charge in [-0.3, -0.25) is 9.18 Å². The number of carbonyl (C=O) groups is 1. The fraction of sp³-hybridized carbons (Fsp3) is 0.857. The highest BCUT2D eigenvalue weighted by atomic mass is 19.1.